The molecule has 0 saturated carbocycles. The van der Waals surface area contributed by atoms with Gasteiger partial charge >= 0.3 is 0 Å². The lowest BCUT2D eigenvalue weighted by Crippen LogP contribution is -1.94. The maximum Gasteiger partial charge on any atom is 0.129 e. The van der Waals surface area contributed by atoms with Gasteiger partial charge in [-0.3, -0.25) is 0 Å². The zero-order valence-electron chi connectivity index (χ0n) is 6.41. The molecule has 60 valence electrons. The Morgan fingerprint density at radius 2 is 2.09 bits per heavy atom. The highest BCUT2D eigenvalue weighted by Crippen LogP contribution is 2.23. The van der Waals surface area contributed by atoms with E-state index in [0.717, 1.165) is 10.2 Å². The van der Waals surface area contributed by atoms with Crippen molar-refractivity contribution in [3.8, 4) is 0 Å². The van der Waals surface area contributed by atoms with Gasteiger partial charge < -0.3 is 5.32 Å². The monoisotopic (exact) mass is 217 g/mol. The second kappa shape index (κ2) is 3.22. The molecule has 1 rings (SSSR count). The topological polar surface area (TPSA) is 12.0 Å². The molecule has 1 nitrogen and oxygen atoms in total. The molecule has 0 bridgehead atoms. The summed E-state index contributed by atoms with van der Waals surface area (Å²) >= 11 is 3.21. The lowest BCUT2D eigenvalue weighted by molar-refractivity contribution is 0.618. The molecule has 11 heavy (non-hydrogen) atoms. The minimum Gasteiger partial charge on any atom is -0.388 e. The summed E-state index contributed by atoms with van der Waals surface area (Å²) in [5, 5.41) is 2.91. The molecular formula is C8H9BrFN. The second-order valence-electron chi connectivity index (χ2n) is 2.31. The van der Waals surface area contributed by atoms with E-state index in [4.69, 9.17) is 0 Å². The Kier molecular flexibility index (Phi) is 2.49. The van der Waals surface area contributed by atoms with Crippen molar-refractivity contribution >= 4 is 21.6 Å². The van der Waals surface area contributed by atoms with E-state index in [1.165, 1.54) is 6.07 Å². The molecular weight excluding hydrogens is 209 g/mol. The van der Waals surface area contributed by atoms with Gasteiger partial charge in [-0.1, -0.05) is 15.9 Å². The average molecular weight is 218 g/mol. The minimum atomic E-state index is -0.191. The Balaban J connectivity index is 3.24. The summed E-state index contributed by atoms with van der Waals surface area (Å²) in [7, 11) is 1.77. The van der Waals surface area contributed by atoms with Crippen LogP contribution in [-0.4, -0.2) is 7.05 Å². The molecule has 0 aliphatic rings. The Morgan fingerprint density at radius 1 is 1.45 bits per heavy atom. The van der Waals surface area contributed by atoms with Crippen LogP contribution in [0.4, 0.5) is 10.1 Å². The maximum absolute atomic E-state index is 13.0. The van der Waals surface area contributed by atoms with Gasteiger partial charge in [-0.05, 0) is 19.1 Å². The van der Waals surface area contributed by atoms with Gasteiger partial charge in [0.25, 0.3) is 0 Å². The molecule has 3 heteroatoms. The largest absolute Gasteiger partial charge is 0.388 e. The molecule has 0 unspecified atom stereocenters. The van der Waals surface area contributed by atoms with Crippen molar-refractivity contribution in [2.24, 2.45) is 0 Å². The molecule has 0 aliphatic carbocycles. The predicted octanol–water partition coefficient (Wildman–Crippen LogP) is 2.94. The van der Waals surface area contributed by atoms with Crippen LogP contribution in [0, 0.1) is 12.7 Å². The van der Waals surface area contributed by atoms with E-state index in [9.17, 15) is 4.39 Å². The molecule has 0 amide bonds. The van der Waals surface area contributed by atoms with Crippen LogP contribution in [0.1, 0.15) is 5.56 Å². The van der Waals surface area contributed by atoms with Crippen molar-refractivity contribution in [2.45, 2.75) is 6.92 Å². The third-order valence-electron chi connectivity index (χ3n) is 1.58. The number of rotatable bonds is 1. The number of benzene rings is 1. The Bertz CT molecular complexity index is 273. The predicted molar refractivity (Wildman–Crippen MR) is 48.4 cm³/mol. The summed E-state index contributed by atoms with van der Waals surface area (Å²) in [6.07, 6.45) is 0. The quantitative estimate of drug-likeness (QED) is 0.764. The fraction of sp³-hybridized carbons (Fsp3) is 0.250. The summed E-state index contributed by atoms with van der Waals surface area (Å²) < 4.78 is 13.7. The number of anilines is 1. The Labute approximate surface area is 73.7 Å². The number of hydrogen-bond acceptors (Lipinski definition) is 1. The standard InChI is InChI=1S/C8H9BrFN/c1-5-7(10)3-6(9)4-8(5)11-2/h3-4,11H,1-2H3. The van der Waals surface area contributed by atoms with Crippen molar-refractivity contribution in [2.75, 3.05) is 12.4 Å². The first kappa shape index (κ1) is 8.53. The van der Waals surface area contributed by atoms with Crippen molar-refractivity contribution in [1.29, 1.82) is 0 Å². The molecule has 0 spiro atoms. The van der Waals surface area contributed by atoms with E-state index in [-0.39, 0.29) is 5.82 Å². The summed E-state index contributed by atoms with van der Waals surface area (Å²) in [4.78, 5) is 0. The van der Waals surface area contributed by atoms with Gasteiger partial charge in [-0.25, -0.2) is 4.39 Å². The first-order valence-electron chi connectivity index (χ1n) is 3.28. The van der Waals surface area contributed by atoms with Crippen LogP contribution in [0.5, 0.6) is 0 Å². The van der Waals surface area contributed by atoms with Crippen LogP contribution < -0.4 is 5.32 Å². The van der Waals surface area contributed by atoms with E-state index in [1.54, 1.807) is 14.0 Å². The highest BCUT2D eigenvalue weighted by atomic mass is 79.9. The van der Waals surface area contributed by atoms with Gasteiger partial charge in [-0.15, -0.1) is 0 Å². The second-order valence-corrected chi connectivity index (χ2v) is 3.23. The lowest BCUT2D eigenvalue weighted by atomic mass is 10.2. The van der Waals surface area contributed by atoms with E-state index >= 15 is 0 Å². The van der Waals surface area contributed by atoms with E-state index < -0.39 is 0 Å². The fourth-order valence-corrected chi connectivity index (χ4v) is 1.34. The average Bonchev–Trinajstić information content (AvgIpc) is 1.96. The minimum absolute atomic E-state index is 0.191. The summed E-state index contributed by atoms with van der Waals surface area (Å²) in [6.45, 7) is 1.74. The molecule has 1 aromatic rings. The number of halogens is 2. The SMILES string of the molecule is CNc1cc(Br)cc(F)c1C. The fourth-order valence-electron chi connectivity index (χ4n) is 0.905. The Hall–Kier alpha value is -0.570. The van der Waals surface area contributed by atoms with Gasteiger partial charge in [0, 0.05) is 22.8 Å². The summed E-state index contributed by atoms with van der Waals surface area (Å²) in [5.74, 6) is -0.191. The summed E-state index contributed by atoms with van der Waals surface area (Å²) in [5.41, 5.74) is 1.47. The molecule has 0 atom stereocenters. The zero-order chi connectivity index (χ0) is 8.43. The summed E-state index contributed by atoms with van der Waals surface area (Å²) in [6, 6.07) is 3.30. The third kappa shape index (κ3) is 1.71. The van der Waals surface area contributed by atoms with Crippen LogP contribution in [0.15, 0.2) is 16.6 Å². The first-order chi connectivity index (χ1) is 5.15. The molecule has 0 saturated heterocycles. The molecule has 1 N–H and O–H groups in total. The molecule has 0 aromatic heterocycles. The van der Waals surface area contributed by atoms with E-state index in [1.807, 2.05) is 6.07 Å². The van der Waals surface area contributed by atoms with Crippen LogP contribution in [-0.2, 0) is 0 Å². The molecule has 0 heterocycles. The van der Waals surface area contributed by atoms with Crippen molar-refractivity contribution < 1.29 is 4.39 Å². The van der Waals surface area contributed by atoms with Crippen LogP contribution in [0.3, 0.4) is 0 Å². The van der Waals surface area contributed by atoms with Gasteiger partial charge in [0.15, 0.2) is 0 Å². The maximum atomic E-state index is 13.0. The van der Waals surface area contributed by atoms with Gasteiger partial charge in [-0.2, -0.15) is 0 Å². The third-order valence-corrected chi connectivity index (χ3v) is 2.04. The van der Waals surface area contributed by atoms with Crippen LogP contribution >= 0.6 is 15.9 Å². The smallest absolute Gasteiger partial charge is 0.129 e. The van der Waals surface area contributed by atoms with Crippen LogP contribution in [0.25, 0.3) is 0 Å². The van der Waals surface area contributed by atoms with Crippen molar-refractivity contribution in [3.05, 3.63) is 28.0 Å². The van der Waals surface area contributed by atoms with Crippen molar-refractivity contribution in [1.82, 2.24) is 0 Å². The van der Waals surface area contributed by atoms with E-state index in [0.29, 0.717) is 5.56 Å². The van der Waals surface area contributed by atoms with Crippen molar-refractivity contribution in [3.63, 3.8) is 0 Å². The first-order valence-corrected chi connectivity index (χ1v) is 4.08. The molecule has 0 radical (unpaired) electrons. The van der Waals surface area contributed by atoms with E-state index in [2.05, 4.69) is 21.2 Å². The molecule has 1 aromatic carbocycles. The number of nitrogens with one attached hydrogen (secondary N) is 1. The molecule has 0 aliphatic heterocycles. The highest BCUT2D eigenvalue weighted by molar-refractivity contribution is 9.10. The van der Waals surface area contributed by atoms with Gasteiger partial charge in [0.1, 0.15) is 5.82 Å². The zero-order valence-corrected chi connectivity index (χ0v) is 8.00. The van der Waals surface area contributed by atoms with Gasteiger partial charge in [0.2, 0.25) is 0 Å². The van der Waals surface area contributed by atoms with Crippen LogP contribution in [0.2, 0.25) is 0 Å². The number of hydrogen-bond donors (Lipinski definition) is 1. The van der Waals surface area contributed by atoms with Gasteiger partial charge in [0.05, 0.1) is 0 Å². The Morgan fingerprint density at radius 3 is 2.64 bits per heavy atom. The lowest BCUT2D eigenvalue weighted by Gasteiger charge is -2.05. The highest BCUT2D eigenvalue weighted by Gasteiger charge is 2.03. The normalized spacial score (nSPS) is 9.82. The molecule has 0 fully saturated rings.